The van der Waals surface area contributed by atoms with E-state index in [9.17, 15) is 13.2 Å². The Morgan fingerprint density at radius 1 is 1.15 bits per heavy atom. The summed E-state index contributed by atoms with van der Waals surface area (Å²) in [6, 6.07) is 12.0. The summed E-state index contributed by atoms with van der Waals surface area (Å²) >= 11 is 0. The van der Waals surface area contributed by atoms with E-state index in [0.29, 0.717) is 11.5 Å². The highest BCUT2D eigenvalue weighted by Crippen LogP contribution is 2.21. The SMILES string of the molecule is CN(c1ccccc1C(=O)NCc1cccnc1-n1cccn1)S(C)(=O)=O. The second-order valence-corrected chi connectivity index (χ2v) is 7.88. The number of nitrogens with zero attached hydrogens (tertiary/aromatic N) is 4. The van der Waals surface area contributed by atoms with Crippen LogP contribution >= 0.6 is 0 Å². The smallest absolute Gasteiger partial charge is 0.253 e. The van der Waals surface area contributed by atoms with Gasteiger partial charge in [0.2, 0.25) is 10.0 Å². The molecule has 0 spiro atoms. The predicted molar refractivity (Wildman–Crippen MR) is 102 cm³/mol. The largest absolute Gasteiger partial charge is 0.348 e. The maximum atomic E-state index is 12.7. The number of carbonyl (C=O) groups is 1. The van der Waals surface area contributed by atoms with Gasteiger partial charge in [-0.25, -0.2) is 18.1 Å². The van der Waals surface area contributed by atoms with Gasteiger partial charge in [0.1, 0.15) is 0 Å². The number of carbonyl (C=O) groups excluding carboxylic acids is 1. The predicted octanol–water partition coefficient (Wildman–Crippen LogP) is 1.59. The number of amides is 1. The van der Waals surface area contributed by atoms with Crippen molar-refractivity contribution in [1.82, 2.24) is 20.1 Å². The van der Waals surface area contributed by atoms with Gasteiger partial charge in [-0.05, 0) is 24.3 Å². The number of aromatic nitrogens is 3. The Bertz CT molecular complexity index is 1050. The fourth-order valence-electron chi connectivity index (χ4n) is 2.56. The van der Waals surface area contributed by atoms with Crippen LogP contribution < -0.4 is 9.62 Å². The molecular formula is C18H19N5O3S. The molecule has 0 bridgehead atoms. The van der Waals surface area contributed by atoms with E-state index in [1.165, 1.54) is 7.05 Å². The summed E-state index contributed by atoms with van der Waals surface area (Å²) < 4.78 is 26.4. The van der Waals surface area contributed by atoms with Crippen LogP contribution in [-0.4, -0.2) is 42.4 Å². The van der Waals surface area contributed by atoms with E-state index in [1.54, 1.807) is 59.7 Å². The van der Waals surface area contributed by atoms with Crippen LogP contribution in [-0.2, 0) is 16.6 Å². The van der Waals surface area contributed by atoms with E-state index in [2.05, 4.69) is 15.4 Å². The summed E-state index contributed by atoms with van der Waals surface area (Å²) in [6.45, 7) is 0.221. The molecule has 27 heavy (non-hydrogen) atoms. The third kappa shape index (κ3) is 4.14. The number of hydrogen-bond donors (Lipinski definition) is 1. The highest BCUT2D eigenvalue weighted by Gasteiger charge is 2.19. The molecule has 0 unspecified atom stereocenters. The van der Waals surface area contributed by atoms with Crippen molar-refractivity contribution < 1.29 is 13.2 Å². The lowest BCUT2D eigenvalue weighted by Gasteiger charge is -2.20. The number of nitrogens with one attached hydrogen (secondary N) is 1. The summed E-state index contributed by atoms with van der Waals surface area (Å²) in [4.78, 5) is 17.0. The van der Waals surface area contributed by atoms with Gasteiger partial charge in [0.15, 0.2) is 5.82 Å². The van der Waals surface area contributed by atoms with E-state index in [-0.39, 0.29) is 18.0 Å². The van der Waals surface area contributed by atoms with E-state index in [4.69, 9.17) is 0 Å². The average Bonchev–Trinajstić information content (AvgIpc) is 3.19. The highest BCUT2D eigenvalue weighted by atomic mass is 32.2. The van der Waals surface area contributed by atoms with Crippen LogP contribution in [0.5, 0.6) is 0 Å². The fourth-order valence-corrected chi connectivity index (χ4v) is 3.07. The number of para-hydroxylation sites is 1. The quantitative estimate of drug-likeness (QED) is 0.695. The van der Waals surface area contributed by atoms with Crippen molar-refractivity contribution in [3.63, 3.8) is 0 Å². The third-order valence-corrected chi connectivity index (χ3v) is 5.21. The molecule has 3 aromatic rings. The molecular weight excluding hydrogens is 366 g/mol. The molecule has 2 aromatic heterocycles. The first-order valence-corrected chi connectivity index (χ1v) is 9.98. The Morgan fingerprint density at radius 3 is 2.63 bits per heavy atom. The van der Waals surface area contributed by atoms with Gasteiger partial charge in [-0.3, -0.25) is 9.10 Å². The number of hydrogen-bond acceptors (Lipinski definition) is 5. The monoisotopic (exact) mass is 385 g/mol. The molecule has 8 nitrogen and oxygen atoms in total. The van der Waals surface area contributed by atoms with Gasteiger partial charge in [0.05, 0.1) is 17.5 Å². The van der Waals surface area contributed by atoms with Crippen LogP contribution in [0.2, 0.25) is 0 Å². The molecule has 3 rings (SSSR count). The molecule has 0 atom stereocenters. The minimum absolute atomic E-state index is 0.221. The van der Waals surface area contributed by atoms with Gasteiger partial charge in [-0.15, -0.1) is 0 Å². The van der Waals surface area contributed by atoms with Gasteiger partial charge in [-0.1, -0.05) is 18.2 Å². The van der Waals surface area contributed by atoms with Crippen LogP contribution in [0.1, 0.15) is 15.9 Å². The van der Waals surface area contributed by atoms with Crippen LogP contribution in [0.4, 0.5) is 5.69 Å². The van der Waals surface area contributed by atoms with Crippen molar-refractivity contribution in [3.8, 4) is 5.82 Å². The van der Waals surface area contributed by atoms with Gasteiger partial charge in [0, 0.05) is 37.7 Å². The van der Waals surface area contributed by atoms with E-state index in [0.717, 1.165) is 16.1 Å². The first-order chi connectivity index (χ1) is 12.9. The van der Waals surface area contributed by atoms with E-state index in [1.807, 2.05) is 6.07 Å². The number of sulfonamides is 1. The maximum absolute atomic E-state index is 12.7. The number of pyridine rings is 1. The standard InChI is InChI=1S/C18H19N5O3S/c1-22(27(2,25)26)16-9-4-3-8-15(16)18(24)20-13-14-7-5-10-19-17(14)23-12-6-11-21-23/h3-12H,13H2,1-2H3,(H,20,24). The van der Waals surface area contributed by atoms with Gasteiger partial charge >= 0.3 is 0 Å². The van der Waals surface area contributed by atoms with Crippen molar-refractivity contribution in [3.05, 3.63) is 72.2 Å². The highest BCUT2D eigenvalue weighted by molar-refractivity contribution is 7.92. The fraction of sp³-hybridized carbons (Fsp3) is 0.167. The summed E-state index contributed by atoms with van der Waals surface area (Å²) in [5.74, 6) is 0.237. The molecule has 0 fully saturated rings. The Morgan fingerprint density at radius 2 is 1.93 bits per heavy atom. The first-order valence-electron chi connectivity index (χ1n) is 8.13. The van der Waals surface area contributed by atoms with Crippen LogP contribution in [0.3, 0.4) is 0 Å². The normalized spacial score (nSPS) is 11.2. The minimum Gasteiger partial charge on any atom is -0.348 e. The lowest BCUT2D eigenvalue weighted by molar-refractivity contribution is 0.0951. The Hall–Kier alpha value is -3.20. The van der Waals surface area contributed by atoms with Gasteiger partial charge in [0.25, 0.3) is 5.91 Å². The number of anilines is 1. The maximum Gasteiger partial charge on any atom is 0.253 e. The van der Waals surface area contributed by atoms with Crippen molar-refractivity contribution in [1.29, 1.82) is 0 Å². The molecule has 0 radical (unpaired) electrons. The first kappa shape index (κ1) is 18.6. The average molecular weight is 385 g/mol. The van der Waals surface area contributed by atoms with Crippen molar-refractivity contribution in [2.24, 2.45) is 0 Å². The lowest BCUT2D eigenvalue weighted by atomic mass is 10.1. The molecule has 1 N–H and O–H groups in total. The zero-order valence-corrected chi connectivity index (χ0v) is 15.7. The lowest BCUT2D eigenvalue weighted by Crippen LogP contribution is -2.30. The molecule has 0 aliphatic heterocycles. The minimum atomic E-state index is -3.48. The van der Waals surface area contributed by atoms with Crippen molar-refractivity contribution in [2.45, 2.75) is 6.54 Å². The summed E-state index contributed by atoms with van der Waals surface area (Å²) in [7, 11) is -2.07. The molecule has 1 amide bonds. The van der Waals surface area contributed by atoms with Crippen LogP contribution in [0.25, 0.3) is 5.82 Å². The zero-order valence-electron chi connectivity index (χ0n) is 14.9. The molecule has 0 saturated carbocycles. The zero-order chi connectivity index (χ0) is 19.4. The van der Waals surface area contributed by atoms with Crippen molar-refractivity contribution in [2.75, 3.05) is 17.6 Å². The van der Waals surface area contributed by atoms with Crippen LogP contribution in [0, 0.1) is 0 Å². The van der Waals surface area contributed by atoms with E-state index < -0.39 is 10.0 Å². The molecule has 9 heteroatoms. The Kier molecular flexibility index (Phi) is 5.22. The van der Waals surface area contributed by atoms with Gasteiger partial charge in [-0.2, -0.15) is 5.10 Å². The second kappa shape index (κ2) is 7.58. The van der Waals surface area contributed by atoms with Gasteiger partial charge < -0.3 is 5.32 Å². The Labute approximate surface area is 157 Å². The molecule has 1 aromatic carbocycles. The Balaban J connectivity index is 1.83. The number of benzene rings is 1. The van der Waals surface area contributed by atoms with Crippen LogP contribution in [0.15, 0.2) is 61.1 Å². The third-order valence-electron chi connectivity index (χ3n) is 4.01. The summed E-state index contributed by atoms with van der Waals surface area (Å²) in [5, 5.41) is 6.99. The summed E-state index contributed by atoms with van der Waals surface area (Å²) in [6.07, 6.45) is 6.16. The second-order valence-electron chi connectivity index (χ2n) is 5.87. The van der Waals surface area contributed by atoms with E-state index >= 15 is 0 Å². The molecule has 0 aliphatic carbocycles. The molecule has 140 valence electrons. The molecule has 0 saturated heterocycles. The molecule has 2 heterocycles. The summed E-state index contributed by atoms with van der Waals surface area (Å²) in [5.41, 5.74) is 1.37. The number of rotatable bonds is 6. The topological polar surface area (TPSA) is 97.2 Å². The van der Waals surface area contributed by atoms with Crippen molar-refractivity contribution >= 4 is 21.6 Å². The molecule has 0 aliphatic rings.